The van der Waals surface area contributed by atoms with Crippen molar-refractivity contribution in [2.24, 2.45) is 0 Å². The van der Waals surface area contributed by atoms with E-state index in [1.165, 1.54) is 18.3 Å². The van der Waals surface area contributed by atoms with E-state index < -0.39 is 11.7 Å². The van der Waals surface area contributed by atoms with Crippen LogP contribution in [0.2, 0.25) is 0 Å². The Morgan fingerprint density at radius 3 is 2.58 bits per heavy atom. The van der Waals surface area contributed by atoms with Crippen molar-refractivity contribution in [2.75, 3.05) is 5.32 Å². The van der Waals surface area contributed by atoms with Crippen molar-refractivity contribution in [2.45, 2.75) is 12.7 Å². The second-order valence-electron chi connectivity index (χ2n) is 3.94. The van der Waals surface area contributed by atoms with Crippen molar-refractivity contribution < 1.29 is 18.3 Å². The first kappa shape index (κ1) is 13.2. The molecule has 0 spiro atoms. The fourth-order valence-corrected chi connectivity index (χ4v) is 1.52. The van der Waals surface area contributed by atoms with E-state index in [-0.39, 0.29) is 12.3 Å². The largest absolute Gasteiger partial charge is 0.506 e. The number of anilines is 1. The molecule has 1 aromatic carbocycles. The van der Waals surface area contributed by atoms with E-state index in [0.717, 1.165) is 12.1 Å². The second kappa shape index (κ2) is 5.17. The highest BCUT2D eigenvalue weighted by atomic mass is 19.4. The van der Waals surface area contributed by atoms with Crippen LogP contribution in [0.15, 0.2) is 42.6 Å². The Morgan fingerprint density at radius 2 is 1.95 bits per heavy atom. The van der Waals surface area contributed by atoms with Crippen LogP contribution in [-0.2, 0) is 12.7 Å². The number of hydrogen-bond acceptors (Lipinski definition) is 3. The van der Waals surface area contributed by atoms with Crippen molar-refractivity contribution >= 4 is 5.69 Å². The molecule has 0 aliphatic carbocycles. The number of aromatic nitrogens is 1. The molecule has 0 unspecified atom stereocenters. The molecule has 0 fully saturated rings. The molecule has 2 N–H and O–H groups in total. The summed E-state index contributed by atoms with van der Waals surface area (Å²) in [5, 5.41) is 11.9. The molecule has 3 nitrogen and oxygen atoms in total. The Labute approximate surface area is 107 Å². The van der Waals surface area contributed by atoms with E-state index in [0.29, 0.717) is 11.4 Å². The lowest BCUT2D eigenvalue weighted by Crippen LogP contribution is -2.06. The van der Waals surface area contributed by atoms with Gasteiger partial charge in [-0.15, -0.1) is 0 Å². The zero-order valence-corrected chi connectivity index (χ0v) is 9.78. The number of aromatic hydroxyl groups is 1. The summed E-state index contributed by atoms with van der Waals surface area (Å²) in [6.07, 6.45) is -3.07. The van der Waals surface area contributed by atoms with Gasteiger partial charge in [0.25, 0.3) is 0 Å². The van der Waals surface area contributed by atoms with E-state index in [1.54, 1.807) is 12.1 Å². The molecule has 0 saturated heterocycles. The third kappa shape index (κ3) is 3.61. The van der Waals surface area contributed by atoms with Crippen LogP contribution in [0.3, 0.4) is 0 Å². The van der Waals surface area contributed by atoms with Gasteiger partial charge in [0.05, 0.1) is 24.0 Å². The molecule has 2 rings (SSSR count). The van der Waals surface area contributed by atoms with Crippen LogP contribution in [0.25, 0.3) is 0 Å². The maximum absolute atomic E-state index is 12.5. The first-order chi connectivity index (χ1) is 8.95. The van der Waals surface area contributed by atoms with Gasteiger partial charge in [0, 0.05) is 5.69 Å². The number of pyridine rings is 1. The monoisotopic (exact) mass is 268 g/mol. The van der Waals surface area contributed by atoms with Gasteiger partial charge in [0.1, 0.15) is 5.75 Å². The highest BCUT2D eigenvalue weighted by Crippen LogP contribution is 2.30. The number of benzene rings is 1. The molecule has 2 aromatic rings. The summed E-state index contributed by atoms with van der Waals surface area (Å²) in [7, 11) is 0. The molecule has 1 heterocycles. The van der Waals surface area contributed by atoms with Gasteiger partial charge in [-0.25, -0.2) is 0 Å². The van der Waals surface area contributed by atoms with E-state index in [1.807, 2.05) is 0 Å². The quantitative estimate of drug-likeness (QED) is 0.896. The summed E-state index contributed by atoms with van der Waals surface area (Å²) >= 11 is 0. The molecule has 0 aliphatic rings. The Morgan fingerprint density at radius 1 is 1.16 bits per heavy atom. The molecule has 0 aliphatic heterocycles. The third-order valence-corrected chi connectivity index (χ3v) is 2.47. The van der Waals surface area contributed by atoms with Crippen LogP contribution >= 0.6 is 0 Å². The summed E-state index contributed by atoms with van der Waals surface area (Å²) in [5.74, 6) is 0.0443. The number of halogens is 3. The van der Waals surface area contributed by atoms with Gasteiger partial charge in [0.15, 0.2) is 0 Å². The topological polar surface area (TPSA) is 45.1 Å². The van der Waals surface area contributed by atoms with Crippen LogP contribution in [0.5, 0.6) is 5.75 Å². The second-order valence-corrected chi connectivity index (χ2v) is 3.94. The van der Waals surface area contributed by atoms with Gasteiger partial charge >= 0.3 is 6.18 Å². The zero-order valence-electron chi connectivity index (χ0n) is 9.78. The molecular weight excluding hydrogens is 257 g/mol. The summed E-state index contributed by atoms with van der Waals surface area (Å²) in [5.41, 5.74) is 0.288. The fourth-order valence-electron chi connectivity index (χ4n) is 1.52. The zero-order chi connectivity index (χ0) is 13.9. The minimum Gasteiger partial charge on any atom is -0.506 e. The highest BCUT2D eigenvalue weighted by molar-refractivity contribution is 5.46. The van der Waals surface area contributed by atoms with Crippen molar-refractivity contribution in [1.82, 2.24) is 4.98 Å². The smallest absolute Gasteiger partial charge is 0.416 e. The molecule has 0 bridgehead atoms. The van der Waals surface area contributed by atoms with Gasteiger partial charge in [-0.2, -0.15) is 13.2 Å². The van der Waals surface area contributed by atoms with Crippen LogP contribution < -0.4 is 5.32 Å². The highest BCUT2D eigenvalue weighted by Gasteiger charge is 2.30. The number of alkyl halides is 3. The maximum atomic E-state index is 12.5. The Bertz CT molecular complexity index is 553. The molecule has 100 valence electrons. The summed E-state index contributed by atoms with van der Waals surface area (Å²) in [6, 6.07) is 8.02. The lowest BCUT2D eigenvalue weighted by Gasteiger charge is -2.10. The number of nitrogens with one attached hydrogen (secondary N) is 1. The van der Waals surface area contributed by atoms with Crippen LogP contribution in [-0.4, -0.2) is 10.1 Å². The lowest BCUT2D eigenvalue weighted by molar-refractivity contribution is -0.137. The van der Waals surface area contributed by atoms with E-state index in [4.69, 9.17) is 5.11 Å². The molecule has 19 heavy (non-hydrogen) atoms. The third-order valence-electron chi connectivity index (χ3n) is 2.47. The van der Waals surface area contributed by atoms with Crippen LogP contribution in [0.1, 0.15) is 11.3 Å². The molecule has 1 aromatic heterocycles. The van der Waals surface area contributed by atoms with Gasteiger partial charge < -0.3 is 10.4 Å². The van der Waals surface area contributed by atoms with Crippen molar-refractivity contribution in [3.05, 3.63) is 53.9 Å². The average molecular weight is 268 g/mol. The van der Waals surface area contributed by atoms with E-state index in [9.17, 15) is 13.2 Å². The SMILES string of the molecule is Oc1ccc(CNc2cccc(C(F)(F)F)c2)nc1. The minimum absolute atomic E-state index is 0.0443. The molecule has 6 heteroatoms. The molecule has 0 radical (unpaired) electrons. The van der Waals surface area contributed by atoms with Gasteiger partial charge in [-0.05, 0) is 30.3 Å². The Hall–Kier alpha value is -2.24. The normalized spacial score (nSPS) is 11.3. The first-order valence-electron chi connectivity index (χ1n) is 5.50. The molecule has 0 saturated carbocycles. The fraction of sp³-hybridized carbons (Fsp3) is 0.154. The van der Waals surface area contributed by atoms with Crippen LogP contribution in [0, 0.1) is 0 Å². The van der Waals surface area contributed by atoms with Crippen molar-refractivity contribution in [1.29, 1.82) is 0 Å². The van der Waals surface area contributed by atoms with Crippen LogP contribution in [0.4, 0.5) is 18.9 Å². The summed E-state index contributed by atoms with van der Waals surface area (Å²) in [6.45, 7) is 0.279. The predicted molar refractivity (Wildman–Crippen MR) is 64.7 cm³/mol. The Kier molecular flexibility index (Phi) is 3.59. The average Bonchev–Trinajstić information content (AvgIpc) is 2.37. The predicted octanol–water partition coefficient (Wildman–Crippen LogP) is 3.42. The molecular formula is C13H11F3N2O. The number of hydrogen-bond donors (Lipinski definition) is 2. The standard InChI is InChI=1S/C13H11F3N2O/c14-13(15,16)9-2-1-3-10(6-9)17-7-11-4-5-12(19)8-18-11/h1-6,8,17,19H,7H2. The Balaban J connectivity index is 2.05. The minimum atomic E-state index is -4.35. The number of rotatable bonds is 3. The molecule has 0 atom stereocenters. The van der Waals surface area contributed by atoms with Crippen molar-refractivity contribution in [3.63, 3.8) is 0 Å². The lowest BCUT2D eigenvalue weighted by atomic mass is 10.2. The maximum Gasteiger partial charge on any atom is 0.416 e. The van der Waals surface area contributed by atoms with Gasteiger partial charge in [0.2, 0.25) is 0 Å². The van der Waals surface area contributed by atoms with Crippen molar-refractivity contribution in [3.8, 4) is 5.75 Å². The van der Waals surface area contributed by atoms with E-state index in [2.05, 4.69) is 10.3 Å². The van der Waals surface area contributed by atoms with Gasteiger partial charge in [-0.3, -0.25) is 4.98 Å². The summed E-state index contributed by atoms with van der Waals surface area (Å²) in [4.78, 5) is 3.93. The first-order valence-corrected chi connectivity index (χ1v) is 5.50. The molecule has 0 amide bonds. The number of nitrogens with zero attached hydrogens (tertiary/aromatic N) is 1. The summed E-state index contributed by atoms with van der Waals surface area (Å²) < 4.78 is 37.5. The van der Waals surface area contributed by atoms with E-state index >= 15 is 0 Å². The van der Waals surface area contributed by atoms with Gasteiger partial charge in [-0.1, -0.05) is 6.07 Å².